The van der Waals surface area contributed by atoms with Crippen molar-refractivity contribution >= 4 is 45.1 Å². The van der Waals surface area contributed by atoms with E-state index in [4.69, 9.17) is 9.47 Å². The summed E-state index contributed by atoms with van der Waals surface area (Å²) >= 11 is -0.117. The van der Waals surface area contributed by atoms with Crippen molar-refractivity contribution in [2.45, 2.75) is 16.9 Å². The second-order valence-electron chi connectivity index (χ2n) is 9.76. The van der Waals surface area contributed by atoms with Crippen LogP contribution in [0.1, 0.15) is 5.56 Å². The number of hydrogen-bond acceptors (Lipinski definition) is 5. The number of hydrogen-bond donors (Lipinski definition) is 1. The van der Waals surface area contributed by atoms with Gasteiger partial charge in [0.1, 0.15) is 5.65 Å². The van der Waals surface area contributed by atoms with E-state index in [9.17, 15) is 13.2 Å². The number of halogens is 3. The van der Waals surface area contributed by atoms with Crippen LogP contribution in [-0.4, -0.2) is 34.3 Å². The van der Waals surface area contributed by atoms with Gasteiger partial charge in [0.05, 0.1) is 19.7 Å². The average Bonchev–Trinajstić information content (AvgIpc) is 3.56. The number of nitrogens with one attached hydrogen (secondary N) is 1. The number of alkyl halides is 3. The van der Waals surface area contributed by atoms with Crippen LogP contribution >= 0.6 is 11.8 Å². The fraction of sp³-hybridized carbons (Fsp3) is 0.156. The lowest BCUT2D eigenvalue weighted by molar-refractivity contribution is -0.0328. The number of methoxy groups -OCH3 is 2. The number of nitrogens with zero attached hydrogens (tertiary/aromatic N) is 3. The van der Waals surface area contributed by atoms with E-state index >= 15 is 0 Å². The molecule has 6 aromatic rings. The first-order valence-corrected chi connectivity index (χ1v) is 13.9. The second kappa shape index (κ2) is 11.0. The summed E-state index contributed by atoms with van der Waals surface area (Å²) in [6, 6.07) is 24.2. The number of pyridine rings is 1. The lowest BCUT2D eigenvalue weighted by atomic mass is 10.1. The molecule has 0 radical (unpaired) electrons. The molecule has 3 heterocycles. The maximum absolute atomic E-state index is 12.9. The second-order valence-corrected chi connectivity index (χ2v) is 10.9. The van der Waals surface area contributed by atoms with E-state index < -0.39 is 5.51 Å². The summed E-state index contributed by atoms with van der Waals surface area (Å²) in [4.78, 5) is 10.3. The number of para-hydroxylation sites is 1. The van der Waals surface area contributed by atoms with E-state index in [1.165, 1.54) is 12.1 Å². The van der Waals surface area contributed by atoms with Crippen LogP contribution < -0.4 is 14.4 Å². The molecular weight excluding hydrogens is 561 g/mol. The van der Waals surface area contributed by atoms with Gasteiger partial charge < -0.3 is 23.9 Å². The van der Waals surface area contributed by atoms with E-state index in [1.54, 1.807) is 32.5 Å². The Morgan fingerprint density at radius 2 is 1.57 bits per heavy atom. The third-order valence-corrected chi connectivity index (χ3v) is 7.92. The highest BCUT2D eigenvalue weighted by Crippen LogP contribution is 2.40. The monoisotopic (exact) mass is 588 g/mol. The molecule has 0 aliphatic rings. The summed E-state index contributed by atoms with van der Waals surface area (Å²) < 4.78 is 51.9. The molecule has 6 rings (SSSR count). The van der Waals surface area contributed by atoms with Gasteiger partial charge in [0.15, 0.2) is 11.5 Å². The van der Waals surface area contributed by atoms with Crippen LogP contribution in [0.15, 0.2) is 96.2 Å². The molecule has 3 aromatic heterocycles. The highest BCUT2D eigenvalue weighted by molar-refractivity contribution is 8.00. The van der Waals surface area contributed by atoms with E-state index in [0.29, 0.717) is 18.0 Å². The molecular formula is C32H27F3N4O2S. The van der Waals surface area contributed by atoms with E-state index in [-0.39, 0.29) is 16.7 Å². The number of ether oxygens (including phenoxy) is 2. The highest BCUT2D eigenvalue weighted by atomic mass is 32.2. The lowest BCUT2D eigenvalue weighted by Gasteiger charge is -2.26. The van der Waals surface area contributed by atoms with E-state index in [2.05, 4.69) is 27.1 Å². The molecule has 0 fully saturated rings. The van der Waals surface area contributed by atoms with E-state index in [0.717, 1.165) is 50.1 Å². The first kappa shape index (κ1) is 27.6. The van der Waals surface area contributed by atoms with Gasteiger partial charge in [-0.25, -0.2) is 4.98 Å². The van der Waals surface area contributed by atoms with E-state index in [1.807, 2.05) is 60.1 Å². The molecule has 0 aliphatic heterocycles. The quantitative estimate of drug-likeness (QED) is 0.180. The minimum atomic E-state index is -4.34. The molecule has 0 atom stereocenters. The van der Waals surface area contributed by atoms with Crippen LogP contribution in [0.2, 0.25) is 0 Å². The van der Waals surface area contributed by atoms with Crippen LogP contribution in [0.25, 0.3) is 33.2 Å². The first-order chi connectivity index (χ1) is 20.2. The van der Waals surface area contributed by atoms with Crippen LogP contribution in [0, 0.1) is 0 Å². The Balaban J connectivity index is 1.40. The van der Waals surface area contributed by atoms with Gasteiger partial charge in [-0.2, -0.15) is 13.2 Å². The Kier molecular flexibility index (Phi) is 7.24. The average molecular weight is 589 g/mol. The maximum atomic E-state index is 12.9. The molecule has 1 N–H and O–H groups in total. The molecule has 214 valence electrons. The van der Waals surface area contributed by atoms with Crippen molar-refractivity contribution in [3.05, 3.63) is 96.8 Å². The Morgan fingerprint density at radius 3 is 2.26 bits per heavy atom. The number of rotatable bonds is 8. The number of thioether (sulfide) groups is 1. The van der Waals surface area contributed by atoms with Crippen LogP contribution in [-0.2, 0) is 13.6 Å². The number of aryl methyl sites for hydroxylation is 1. The minimum Gasteiger partial charge on any atom is -0.493 e. The number of H-pyrrole nitrogens is 1. The van der Waals surface area contributed by atoms with Gasteiger partial charge in [0, 0.05) is 70.4 Å². The molecule has 0 saturated heterocycles. The standard InChI is InChI=1S/C32H27F3N4O2S/c1-38-19-26(25-16-29(40-2)30(41-3)17-28(25)38)27-15-24-20(13-14-36-31(24)37-27)18-39(21-7-5-4-6-8-21)22-9-11-23(12-10-22)42-32(33,34)35/h4-17,19H,18H2,1-3H3,(H,36,37). The smallest absolute Gasteiger partial charge is 0.446 e. The van der Waals surface area contributed by atoms with Crippen molar-refractivity contribution in [2.75, 3.05) is 19.1 Å². The molecule has 0 unspecified atom stereocenters. The van der Waals surface area contributed by atoms with Crippen molar-refractivity contribution in [2.24, 2.45) is 7.05 Å². The number of aromatic amines is 1. The third kappa shape index (κ3) is 5.37. The van der Waals surface area contributed by atoms with Crippen LogP contribution in [0.5, 0.6) is 11.5 Å². The zero-order valence-electron chi connectivity index (χ0n) is 23.1. The topological polar surface area (TPSA) is 55.3 Å². The van der Waals surface area contributed by atoms with Crippen LogP contribution in [0.4, 0.5) is 24.5 Å². The van der Waals surface area contributed by atoms with Gasteiger partial charge in [-0.15, -0.1) is 0 Å². The number of anilines is 2. The van der Waals surface area contributed by atoms with Gasteiger partial charge in [-0.1, -0.05) is 18.2 Å². The van der Waals surface area contributed by atoms with Gasteiger partial charge in [0.25, 0.3) is 0 Å². The number of fused-ring (bicyclic) bond motifs is 2. The minimum absolute atomic E-state index is 0.117. The molecule has 0 aliphatic carbocycles. The number of benzene rings is 3. The summed E-state index contributed by atoms with van der Waals surface area (Å²) in [6.45, 7) is 0.479. The first-order valence-electron chi connectivity index (χ1n) is 13.1. The highest BCUT2D eigenvalue weighted by Gasteiger charge is 2.29. The van der Waals surface area contributed by atoms with Gasteiger partial charge in [-0.05, 0) is 71.9 Å². The predicted octanol–water partition coefficient (Wildman–Crippen LogP) is 8.69. The summed E-state index contributed by atoms with van der Waals surface area (Å²) in [5.74, 6) is 1.30. The zero-order valence-corrected chi connectivity index (χ0v) is 23.9. The molecule has 3 aromatic carbocycles. The maximum Gasteiger partial charge on any atom is 0.446 e. The summed E-state index contributed by atoms with van der Waals surface area (Å²) in [5, 5.41) is 1.96. The third-order valence-electron chi connectivity index (χ3n) is 7.19. The zero-order chi connectivity index (χ0) is 29.4. The summed E-state index contributed by atoms with van der Waals surface area (Å²) in [6.07, 6.45) is 3.83. The predicted molar refractivity (Wildman–Crippen MR) is 162 cm³/mol. The van der Waals surface area contributed by atoms with Gasteiger partial charge >= 0.3 is 5.51 Å². The van der Waals surface area contributed by atoms with Crippen molar-refractivity contribution in [1.29, 1.82) is 0 Å². The molecule has 42 heavy (non-hydrogen) atoms. The molecule has 0 saturated carbocycles. The summed E-state index contributed by atoms with van der Waals surface area (Å²) in [5.41, 5.74) is 2.02. The molecule has 0 bridgehead atoms. The molecule has 0 spiro atoms. The Bertz CT molecular complexity index is 1870. The Labute approximate surface area is 244 Å². The molecule has 0 amide bonds. The van der Waals surface area contributed by atoms with Crippen LogP contribution in [0.3, 0.4) is 0 Å². The van der Waals surface area contributed by atoms with Gasteiger partial charge in [-0.3, -0.25) is 0 Å². The largest absolute Gasteiger partial charge is 0.493 e. The number of aromatic nitrogens is 3. The van der Waals surface area contributed by atoms with Crippen molar-refractivity contribution in [3.63, 3.8) is 0 Å². The molecule has 10 heteroatoms. The van der Waals surface area contributed by atoms with Crippen molar-refractivity contribution < 1.29 is 22.6 Å². The lowest BCUT2D eigenvalue weighted by Crippen LogP contribution is -2.16. The fourth-order valence-corrected chi connectivity index (χ4v) is 5.77. The molecule has 6 nitrogen and oxygen atoms in total. The normalized spacial score (nSPS) is 11.8. The van der Waals surface area contributed by atoms with Crippen molar-refractivity contribution in [1.82, 2.24) is 14.5 Å². The van der Waals surface area contributed by atoms with Gasteiger partial charge in [0.2, 0.25) is 0 Å². The fourth-order valence-electron chi connectivity index (χ4n) is 5.23. The summed E-state index contributed by atoms with van der Waals surface area (Å²) in [7, 11) is 5.22. The Hall–Kier alpha value is -4.57. The SMILES string of the molecule is COc1cc2c(-c3cc4c(CN(c5ccccc5)c5ccc(SC(F)(F)F)cc5)ccnc4[nH]3)cn(C)c2cc1OC. The van der Waals surface area contributed by atoms with Crippen molar-refractivity contribution in [3.8, 4) is 22.8 Å². The Morgan fingerprint density at radius 1 is 0.881 bits per heavy atom.